The molecule has 0 unspecified atom stereocenters. The summed E-state index contributed by atoms with van der Waals surface area (Å²) in [5.41, 5.74) is 4.78. The number of fused-ring (bicyclic) bond motifs is 1. The minimum Gasteiger partial charge on any atom is -0.326 e. The zero-order valence-corrected chi connectivity index (χ0v) is 11.7. The van der Waals surface area contributed by atoms with Crippen molar-refractivity contribution in [1.82, 2.24) is 0 Å². The Morgan fingerprint density at radius 1 is 1.15 bits per heavy atom. The van der Waals surface area contributed by atoms with Gasteiger partial charge in [-0.15, -0.1) is 0 Å². The molecule has 2 nitrogen and oxygen atoms in total. The predicted octanol–water partition coefficient (Wildman–Crippen LogP) is 4.05. The van der Waals surface area contributed by atoms with Crippen LogP contribution in [0, 0.1) is 6.92 Å². The van der Waals surface area contributed by atoms with Gasteiger partial charge in [0.05, 0.1) is 0 Å². The Balaban J connectivity index is 1.94. The van der Waals surface area contributed by atoms with Crippen LogP contribution >= 0.6 is 0 Å². The lowest BCUT2D eigenvalue weighted by Crippen LogP contribution is -2.09. The summed E-state index contributed by atoms with van der Waals surface area (Å²) < 4.78 is 0. The second kappa shape index (κ2) is 5.49. The average Bonchev–Trinajstić information content (AvgIpc) is 2.59. The number of hydrogen-bond donors (Lipinski definition) is 1. The molecule has 20 heavy (non-hydrogen) atoms. The molecule has 1 aliphatic rings. The van der Waals surface area contributed by atoms with Gasteiger partial charge in [0.15, 0.2) is 0 Å². The number of hydrogen-bond acceptors (Lipinski definition) is 1. The first-order valence-electron chi connectivity index (χ1n) is 7.17. The molecule has 1 atom stereocenters. The van der Waals surface area contributed by atoms with E-state index in [0.717, 1.165) is 18.5 Å². The van der Waals surface area contributed by atoms with E-state index in [2.05, 4.69) is 54.7 Å². The van der Waals surface area contributed by atoms with Crippen molar-refractivity contribution in [3.05, 3.63) is 65.2 Å². The van der Waals surface area contributed by atoms with Gasteiger partial charge in [-0.3, -0.25) is 4.79 Å². The first-order valence-corrected chi connectivity index (χ1v) is 7.17. The van der Waals surface area contributed by atoms with Crippen LogP contribution in [-0.4, -0.2) is 5.91 Å². The molecular formula is C18H19NO. The van der Waals surface area contributed by atoms with E-state index in [4.69, 9.17) is 0 Å². The summed E-state index contributed by atoms with van der Waals surface area (Å²) in [7, 11) is 0. The Morgan fingerprint density at radius 3 is 2.75 bits per heavy atom. The van der Waals surface area contributed by atoms with Crippen LogP contribution in [0.15, 0.2) is 48.5 Å². The van der Waals surface area contributed by atoms with Crippen LogP contribution in [0.1, 0.15) is 35.4 Å². The lowest BCUT2D eigenvalue weighted by atomic mass is 9.88. The van der Waals surface area contributed by atoms with Crippen LogP contribution in [0.2, 0.25) is 0 Å². The molecule has 0 saturated heterocycles. The van der Waals surface area contributed by atoms with Gasteiger partial charge in [0.25, 0.3) is 0 Å². The third-order valence-electron chi connectivity index (χ3n) is 3.97. The van der Waals surface area contributed by atoms with Gasteiger partial charge < -0.3 is 5.32 Å². The smallest absolute Gasteiger partial charge is 0.224 e. The number of rotatable bonds is 2. The molecule has 102 valence electrons. The monoisotopic (exact) mass is 265 g/mol. The van der Waals surface area contributed by atoms with Gasteiger partial charge in [-0.05, 0) is 48.4 Å². The van der Waals surface area contributed by atoms with E-state index in [-0.39, 0.29) is 5.91 Å². The van der Waals surface area contributed by atoms with Crippen molar-refractivity contribution >= 4 is 11.6 Å². The van der Waals surface area contributed by atoms with Crippen molar-refractivity contribution in [3.8, 4) is 0 Å². The van der Waals surface area contributed by atoms with Gasteiger partial charge in [-0.2, -0.15) is 0 Å². The Kier molecular flexibility index (Phi) is 3.55. The highest BCUT2D eigenvalue weighted by molar-refractivity contribution is 5.92. The van der Waals surface area contributed by atoms with E-state index in [1.807, 2.05) is 6.07 Å². The largest absolute Gasteiger partial charge is 0.326 e. The molecule has 2 aromatic rings. The molecule has 1 aliphatic heterocycles. The molecule has 0 saturated carbocycles. The molecule has 0 aromatic heterocycles. The fraction of sp³-hybridized carbons (Fsp3) is 0.278. The van der Waals surface area contributed by atoms with Gasteiger partial charge in [0, 0.05) is 12.1 Å². The first kappa shape index (κ1) is 12.9. The molecule has 2 aromatic carbocycles. The van der Waals surface area contributed by atoms with Crippen molar-refractivity contribution in [2.45, 2.75) is 32.1 Å². The first-order chi connectivity index (χ1) is 9.72. The lowest BCUT2D eigenvalue weighted by Gasteiger charge is -2.17. The van der Waals surface area contributed by atoms with E-state index in [0.29, 0.717) is 12.3 Å². The number of nitrogens with one attached hydrogen (secondary N) is 1. The van der Waals surface area contributed by atoms with Crippen LogP contribution in [0.25, 0.3) is 0 Å². The average molecular weight is 265 g/mol. The second-order valence-corrected chi connectivity index (χ2v) is 5.56. The maximum atomic E-state index is 11.8. The van der Waals surface area contributed by atoms with Gasteiger partial charge in [0.2, 0.25) is 5.91 Å². The number of anilines is 1. The van der Waals surface area contributed by atoms with Gasteiger partial charge >= 0.3 is 0 Å². The van der Waals surface area contributed by atoms with Crippen LogP contribution in [0.3, 0.4) is 0 Å². The van der Waals surface area contributed by atoms with E-state index >= 15 is 0 Å². The fourth-order valence-corrected chi connectivity index (χ4v) is 2.92. The molecule has 2 heteroatoms. The summed E-state index contributed by atoms with van der Waals surface area (Å²) in [5.74, 6) is 0.541. The molecule has 3 rings (SSSR count). The molecule has 0 spiro atoms. The van der Waals surface area contributed by atoms with Crippen LogP contribution < -0.4 is 5.32 Å². The Morgan fingerprint density at radius 2 is 1.95 bits per heavy atom. The third-order valence-corrected chi connectivity index (χ3v) is 3.97. The van der Waals surface area contributed by atoms with Crippen LogP contribution in [0.4, 0.5) is 5.69 Å². The van der Waals surface area contributed by atoms with Gasteiger partial charge in [-0.1, -0.05) is 42.5 Å². The standard InChI is InChI=1S/C18H19NO/c1-13-7-9-16-15(12-14-5-3-2-4-6-14)8-10-18(20)19-17(16)11-13/h2-7,9,11,15H,8,10,12H2,1H3,(H,19,20)/t15-/m0/s1. The Labute approximate surface area is 119 Å². The fourth-order valence-electron chi connectivity index (χ4n) is 2.92. The minimum absolute atomic E-state index is 0.132. The van der Waals surface area contributed by atoms with Crippen molar-refractivity contribution in [2.75, 3.05) is 5.32 Å². The normalized spacial score (nSPS) is 18.1. The van der Waals surface area contributed by atoms with E-state index in [1.165, 1.54) is 16.7 Å². The quantitative estimate of drug-likeness (QED) is 0.872. The summed E-state index contributed by atoms with van der Waals surface area (Å²) in [4.78, 5) is 11.8. The maximum Gasteiger partial charge on any atom is 0.224 e. The maximum absolute atomic E-state index is 11.8. The Hall–Kier alpha value is -2.09. The van der Waals surface area contributed by atoms with E-state index in [1.54, 1.807) is 0 Å². The zero-order chi connectivity index (χ0) is 13.9. The predicted molar refractivity (Wildman–Crippen MR) is 81.9 cm³/mol. The van der Waals surface area contributed by atoms with Gasteiger partial charge in [-0.25, -0.2) is 0 Å². The molecule has 1 amide bonds. The highest BCUT2D eigenvalue weighted by Crippen LogP contribution is 2.34. The van der Waals surface area contributed by atoms with Gasteiger partial charge in [0.1, 0.15) is 0 Å². The van der Waals surface area contributed by atoms with Crippen molar-refractivity contribution in [1.29, 1.82) is 0 Å². The molecule has 1 N–H and O–H groups in total. The number of benzene rings is 2. The second-order valence-electron chi connectivity index (χ2n) is 5.56. The van der Waals surface area contributed by atoms with Crippen molar-refractivity contribution in [3.63, 3.8) is 0 Å². The summed E-state index contributed by atoms with van der Waals surface area (Å²) >= 11 is 0. The van der Waals surface area contributed by atoms with E-state index in [9.17, 15) is 4.79 Å². The number of carbonyl (C=O) groups is 1. The van der Waals surface area contributed by atoms with E-state index < -0.39 is 0 Å². The molecule has 0 radical (unpaired) electrons. The molecular weight excluding hydrogens is 246 g/mol. The highest BCUT2D eigenvalue weighted by atomic mass is 16.1. The summed E-state index contributed by atoms with van der Waals surface area (Å²) in [6.07, 6.45) is 2.51. The van der Waals surface area contributed by atoms with Crippen LogP contribution in [0.5, 0.6) is 0 Å². The topological polar surface area (TPSA) is 29.1 Å². The summed E-state index contributed by atoms with van der Waals surface area (Å²) in [6.45, 7) is 2.06. The Bertz CT molecular complexity index is 619. The zero-order valence-electron chi connectivity index (χ0n) is 11.7. The van der Waals surface area contributed by atoms with Crippen molar-refractivity contribution < 1.29 is 4.79 Å². The molecule has 0 bridgehead atoms. The molecule has 0 aliphatic carbocycles. The van der Waals surface area contributed by atoms with Crippen LogP contribution in [-0.2, 0) is 11.2 Å². The number of aryl methyl sites for hydroxylation is 1. The lowest BCUT2D eigenvalue weighted by molar-refractivity contribution is -0.116. The highest BCUT2D eigenvalue weighted by Gasteiger charge is 2.22. The molecule has 0 fully saturated rings. The summed E-state index contributed by atoms with van der Waals surface area (Å²) in [6, 6.07) is 16.9. The summed E-state index contributed by atoms with van der Waals surface area (Å²) in [5, 5.41) is 3.04. The minimum atomic E-state index is 0.132. The third kappa shape index (κ3) is 2.74. The van der Waals surface area contributed by atoms with Crippen molar-refractivity contribution in [2.24, 2.45) is 0 Å². The molecule has 1 heterocycles. The number of carbonyl (C=O) groups excluding carboxylic acids is 1. The number of amides is 1. The SMILES string of the molecule is Cc1ccc2c(c1)NC(=O)CC[C@H]2Cc1ccccc1.